The van der Waals surface area contributed by atoms with Crippen molar-refractivity contribution in [2.45, 2.75) is 46.2 Å². The van der Waals surface area contributed by atoms with Gasteiger partial charge in [0.1, 0.15) is 5.76 Å². The van der Waals surface area contributed by atoms with E-state index in [0.29, 0.717) is 37.4 Å². The number of ether oxygens (including phenoxy) is 1. The van der Waals surface area contributed by atoms with Crippen LogP contribution in [-0.2, 0) is 18.5 Å². The molecule has 2 rings (SSSR count). The van der Waals surface area contributed by atoms with Crippen LogP contribution in [0.4, 0.5) is 0 Å². The van der Waals surface area contributed by atoms with Crippen LogP contribution in [0.5, 0.6) is 5.88 Å². The Morgan fingerprint density at radius 1 is 1.24 bits per heavy atom. The van der Waals surface area contributed by atoms with E-state index < -0.39 is 0 Å². The Balaban J connectivity index is 1.90. The molecule has 0 aromatic carbocycles. The molecular formula is C18H27N5O2. The highest BCUT2D eigenvalue weighted by atomic mass is 16.5. The topological polar surface area (TPSA) is 84.6 Å². The lowest BCUT2D eigenvalue weighted by Crippen LogP contribution is -2.36. The molecule has 0 saturated carbocycles. The Morgan fingerprint density at radius 3 is 2.64 bits per heavy atom. The predicted octanol–water partition coefficient (Wildman–Crippen LogP) is 2.63. The van der Waals surface area contributed by atoms with Gasteiger partial charge in [-0.25, -0.2) is 9.97 Å². The average Bonchev–Trinajstić information content (AvgIpc) is 3.06. The van der Waals surface area contributed by atoms with Gasteiger partial charge in [-0.3, -0.25) is 4.99 Å². The first kappa shape index (κ1) is 18.8. The van der Waals surface area contributed by atoms with E-state index in [2.05, 4.69) is 46.4 Å². The van der Waals surface area contributed by atoms with Gasteiger partial charge in [0.25, 0.3) is 0 Å². The van der Waals surface area contributed by atoms with Gasteiger partial charge >= 0.3 is 0 Å². The molecule has 0 fully saturated rings. The zero-order chi connectivity index (χ0) is 18.3. The number of pyridine rings is 1. The van der Waals surface area contributed by atoms with Crippen LogP contribution in [0.25, 0.3) is 0 Å². The molecule has 0 aliphatic rings. The molecule has 2 aromatic rings. The van der Waals surface area contributed by atoms with E-state index in [1.807, 2.05) is 19.1 Å². The van der Waals surface area contributed by atoms with Crippen molar-refractivity contribution in [3.05, 3.63) is 41.7 Å². The molecule has 0 bridgehead atoms. The Hall–Kier alpha value is -2.57. The van der Waals surface area contributed by atoms with Crippen LogP contribution in [0.2, 0.25) is 0 Å². The number of guanidine groups is 1. The maximum atomic E-state index is 5.77. The first-order chi connectivity index (χ1) is 11.9. The maximum absolute atomic E-state index is 5.77. The molecule has 7 nitrogen and oxygen atoms in total. The van der Waals surface area contributed by atoms with E-state index in [4.69, 9.17) is 9.15 Å². The molecule has 0 atom stereocenters. The van der Waals surface area contributed by atoms with Crippen molar-refractivity contribution in [2.75, 3.05) is 13.7 Å². The molecule has 7 heteroatoms. The number of oxazole rings is 1. The lowest BCUT2D eigenvalue weighted by Gasteiger charge is -2.14. The molecule has 2 aromatic heterocycles. The first-order valence-electron chi connectivity index (χ1n) is 8.40. The van der Waals surface area contributed by atoms with Gasteiger partial charge in [0.2, 0.25) is 11.8 Å². The summed E-state index contributed by atoms with van der Waals surface area (Å²) in [6, 6.07) is 3.86. The van der Waals surface area contributed by atoms with Crippen molar-refractivity contribution in [1.29, 1.82) is 0 Å². The number of hydrogen-bond donors (Lipinski definition) is 2. The maximum Gasteiger partial charge on any atom is 0.218 e. The fraction of sp³-hybridized carbons (Fsp3) is 0.500. The van der Waals surface area contributed by atoms with Crippen LogP contribution in [0.1, 0.15) is 44.9 Å². The standard InChI is InChI=1S/C18H27N5O2/c1-6-24-16-13(8-7-9-20-16)10-22-17(19-5)23-12-15-21-11-14(25-15)18(2,3)4/h7-9,11H,6,10,12H2,1-5H3,(H2,19,22,23). The van der Waals surface area contributed by atoms with Gasteiger partial charge in [-0.1, -0.05) is 26.8 Å². The monoisotopic (exact) mass is 345 g/mol. The summed E-state index contributed by atoms with van der Waals surface area (Å²) in [5.41, 5.74) is 0.916. The van der Waals surface area contributed by atoms with Gasteiger partial charge in [0.15, 0.2) is 5.96 Å². The first-order valence-corrected chi connectivity index (χ1v) is 8.40. The fourth-order valence-electron chi connectivity index (χ4n) is 2.12. The van der Waals surface area contributed by atoms with E-state index in [9.17, 15) is 0 Å². The zero-order valence-corrected chi connectivity index (χ0v) is 15.6. The number of aliphatic imine (C=N–C) groups is 1. The molecule has 0 amide bonds. The lowest BCUT2D eigenvalue weighted by atomic mass is 9.94. The molecule has 0 saturated heterocycles. The summed E-state index contributed by atoms with van der Waals surface area (Å²) < 4.78 is 11.3. The molecule has 0 aliphatic heterocycles. The average molecular weight is 345 g/mol. The summed E-state index contributed by atoms with van der Waals surface area (Å²) >= 11 is 0. The van der Waals surface area contributed by atoms with Gasteiger partial charge in [-0.2, -0.15) is 0 Å². The molecule has 2 heterocycles. The van der Waals surface area contributed by atoms with E-state index in [1.165, 1.54) is 0 Å². The van der Waals surface area contributed by atoms with Crippen LogP contribution in [-0.4, -0.2) is 29.6 Å². The normalized spacial score (nSPS) is 12.1. The van der Waals surface area contributed by atoms with Crippen LogP contribution in [0.3, 0.4) is 0 Å². The second kappa shape index (κ2) is 8.50. The fourth-order valence-corrected chi connectivity index (χ4v) is 2.12. The molecule has 2 N–H and O–H groups in total. The van der Waals surface area contributed by atoms with Crippen molar-refractivity contribution < 1.29 is 9.15 Å². The van der Waals surface area contributed by atoms with E-state index in [-0.39, 0.29) is 5.41 Å². The summed E-state index contributed by atoms with van der Waals surface area (Å²) in [4.78, 5) is 12.8. The van der Waals surface area contributed by atoms with E-state index in [1.54, 1.807) is 19.4 Å². The third-order valence-electron chi connectivity index (χ3n) is 3.50. The Bertz CT molecular complexity index is 703. The lowest BCUT2D eigenvalue weighted by molar-refractivity contribution is 0.322. The van der Waals surface area contributed by atoms with E-state index in [0.717, 1.165) is 11.3 Å². The van der Waals surface area contributed by atoms with Gasteiger partial charge < -0.3 is 19.8 Å². The molecule has 0 unspecified atom stereocenters. The SMILES string of the molecule is CCOc1ncccc1CNC(=NC)NCc1ncc(C(C)(C)C)o1. The number of hydrogen-bond acceptors (Lipinski definition) is 5. The van der Waals surface area contributed by atoms with Crippen molar-refractivity contribution in [1.82, 2.24) is 20.6 Å². The second-order valence-electron chi connectivity index (χ2n) is 6.55. The third kappa shape index (κ3) is 5.48. The Labute approximate surface area is 148 Å². The van der Waals surface area contributed by atoms with Gasteiger partial charge in [0.05, 0.1) is 19.3 Å². The largest absolute Gasteiger partial charge is 0.478 e. The van der Waals surface area contributed by atoms with Gasteiger partial charge in [-0.15, -0.1) is 0 Å². The number of nitrogens with zero attached hydrogens (tertiary/aromatic N) is 3. The van der Waals surface area contributed by atoms with E-state index >= 15 is 0 Å². The van der Waals surface area contributed by atoms with Crippen molar-refractivity contribution in [2.24, 2.45) is 4.99 Å². The van der Waals surface area contributed by atoms with Crippen molar-refractivity contribution in [3.8, 4) is 5.88 Å². The van der Waals surface area contributed by atoms with Crippen LogP contribution < -0.4 is 15.4 Å². The summed E-state index contributed by atoms with van der Waals surface area (Å²) in [7, 11) is 1.72. The molecular weight excluding hydrogens is 318 g/mol. The molecule has 0 spiro atoms. The molecule has 25 heavy (non-hydrogen) atoms. The molecule has 136 valence electrons. The summed E-state index contributed by atoms with van der Waals surface area (Å²) in [6.45, 7) is 9.81. The smallest absolute Gasteiger partial charge is 0.218 e. The van der Waals surface area contributed by atoms with Gasteiger partial charge in [-0.05, 0) is 13.0 Å². The number of aromatic nitrogens is 2. The Kier molecular flexibility index (Phi) is 6.38. The van der Waals surface area contributed by atoms with Crippen molar-refractivity contribution >= 4 is 5.96 Å². The molecule has 0 aliphatic carbocycles. The second-order valence-corrected chi connectivity index (χ2v) is 6.55. The Morgan fingerprint density at radius 2 is 2.00 bits per heavy atom. The number of nitrogens with one attached hydrogen (secondary N) is 2. The highest BCUT2D eigenvalue weighted by Crippen LogP contribution is 2.22. The minimum atomic E-state index is -0.0544. The summed E-state index contributed by atoms with van der Waals surface area (Å²) in [5, 5.41) is 6.43. The van der Waals surface area contributed by atoms with Crippen LogP contribution >= 0.6 is 0 Å². The zero-order valence-electron chi connectivity index (χ0n) is 15.6. The number of rotatable bonds is 6. The minimum Gasteiger partial charge on any atom is -0.478 e. The predicted molar refractivity (Wildman–Crippen MR) is 97.6 cm³/mol. The third-order valence-corrected chi connectivity index (χ3v) is 3.50. The summed E-state index contributed by atoms with van der Waals surface area (Å²) in [5.74, 6) is 2.78. The van der Waals surface area contributed by atoms with Crippen LogP contribution in [0, 0.1) is 0 Å². The highest BCUT2D eigenvalue weighted by molar-refractivity contribution is 5.79. The minimum absolute atomic E-state index is 0.0544. The van der Waals surface area contributed by atoms with Crippen molar-refractivity contribution in [3.63, 3.8) is 0 Å². The van der Waals surface area contributed by atoms with Gasteiger partial charge in [0, 0.05) is 30.8 Å². The van der Waals surface area contributed by atoms with Crippen LogP contribution in [0.15, 0.2) is 33.9 Å². The quantitative estimate of drug-likeness (QED) is 0.618. The molecule has 0 radical (unpaired) electrons. The highest BCUT2D eigenvalue weighted by Gasteiger charge is 2.19. The summed E-state index contributed by atoms with van der Waals surface area (Å²) in [6.07, 6.45) is 3.49.